The summed E-state index contributed by atoms with van der Waals surface area (Å²) in [5.74, 6) is 0.380. The molecule has 2 heterocycles. The van der Waals surface area contributed by atoms with E-state index < -0.39 is 0 Å². The summed E-state index contributed by atoms with van der Waals surface area (Å²) in [5.41, 5.74) is 8.04. The zero-order valence-electron chi connectivity index (χ0n) is 10.5. The number of nitrogens with two attached hydrogens (primary N) is 1. The van der Waals surface area contributed by atoms with Crippen LogP contribution in [0, 0.1) is 0 Å². The summed E-state index contributed by atoms with van der Waals surface area (Å²) in [4.78, 5) is 11.6. The van der Waals surface area contributed by atoms with Crippen LogP contribution in [0.3, 0.4) is 0 Å². The first-order chi connectivity index (χ1) is 9.16. The van der Waals surface area contributed by atoms with Crippen molar-refractivity contribution in [2.75, 3.05) is 24.3 Å². The number of nitrogens with zero attached hydrogens (tertiary/aromatic N) is 3. The first kappa shape index (κ1) is 11.6. The molecule has 0 spiro atoms. The number of aromatic nitrogens is 1. The molecular formula is C13H14N4O2. The van der Waals surface area contributed by atoms with Gasteiger partial charge in [-0.25, -0.2) is 0 Å². The number of anilines is 2. The second-order valence-corrected chi connectivity index (χ2v) is 4.42. The Morgan fingerprint density at radius 3 is 2.79 bits per heavy atom. The van der Waals surface area contributed by atoms with Gasteiger partial charge >= 0.3 is 0 Å². The van der Waals surface area contributed by atoms with Crippen molar-refractivity contribution in [3.63, 3.8) is 0 Å². The second-order valence-electron chi connectivity index (χ2n) is 4.42. The van der Waals surface area contributed by atoms with Gasteiger partial charge < -0.3 is 10.3 Å². The lowest BCUT2D eigenvalue weighted by atomic mass is 10.1. The molecule has 0 aliphatic carbocycles. The topological polar surface area (TPSA) is 75.6 Å². The summed E-state index contributed by atoms with van der Waals surface area (Å²) in [6.07, 6.45) is 0.520. The standard InChI is InChI=1S/C13H14N4O2/c1-16-13(18)6-7-17(16)11-5-3-2-4-9(11)10-8-12(14)19-15-10/h2-5,8H,6-7,14H2,1H3. The average Bonchev–Trinajstić information content (AvgIpc) is 2.98. The fraction of sp³-hybridized carbons (Fsp3) is 0.231. The molecule has 19 heavy (non-hydrogen) atoms. The molecule has 0 atom stereocenters. The summed E-state index contributed by atoms with van der Waals surface area (Å²) in [7, 11) is 1.77. The van der Waals surface area contributed by atoms with Gasteiger partial charge in [0.15, 0.2) is 0 Å². The van der Waals surface area contributed by atoms with Crippen LogP contribution in [-0.4, -0.2) is 29.7 Å². The van der Waals surface area contributed by atoms with E-state index in [1.165, 1.54) is 0 Å². The van der Waals surface area contributed by atoms with E-state index in [1.54, 1.807) is 18.1 Å². The average molecular weight is 258 g/mol. The van der Waals surface area contributed by atoms with E-state index in [0.29, 0.717) is 18.7 Å². The molecule has 0 saturated carbocycles. The third-order valence-electron chi connectivity index (χ3n) is 3.25. The lowest BCUT2D eigenvalue weighted by Gasteiger charge is -2.27. The number of hydrogen-bond donors (Lipinski definition) is 1. The van der Waals surface area contributed by atoms with Crippen molar-refractivity contribution < 1.29 is 9.32 Å². The summed E-state index contributed by atoms with van der Waals surface area (Å²) >= 11 is 0. The fourth-order valence-electron chi connectivity index (χ4n) is 2.26. The smallest absolute Gasteiger partial charge is 0.242 e. The highest BCUT2D eigenvalue weighted by Crippen LogP contribution is 2.33. The number of amides is 1. The van der Waals surface area contributed by atoms with E-state index in [9.17, 15) is 4.79 Å². The van der Waals surface area contributed by atoms with Crippen molar-refractivity contribution in [3.8, 4) is 11.3 Å². The summed E-state index contributed by atoms with van der Waals surface area (Å²) < 4.78 is 4.91. The number of benzene rings is 1. The molecule has 1 aromatic carbocycles. The van der Waals surface area contributed by atoms with Gasteiger partial charge in [-0.05, 0) is 6.07 Å². The van der Waals surface area contributed by atoms with Crippen LogP contribution < -0.4 is 10.7 Å². The number of hydrogen-bond acceptors (Lipinski definition) is 5. The first-order valence-electron chi connectivity index (χ1n) is 6.02. The third-order valence-corrected chi connectivity index (χ3v) is 3.25. The van der Waals surface area contributed by atoms with Gasteiger partial charge in [0.1, 0.15) is 5.69 Å². The number of para-hydroxylation sites is 1. The molecule has 2 N–H and O–H groups in total. The van der Waals surface area contributed by atoms with Gasteiger partial charge in [-0.2, -0.15) is 0 Å². The highest BCUT2D eigenvalue weighted by molar-refractivity contribution is 5.85. The molecule has 0 unspecified atom stereocenters. The quantitative estimate of drug-likeness (QED) is 0.883. The van der Waals surface area contributed by atoms with Gasteiger partial charge in [0.05, 0.1) is 5.69 Å². The zero-order valence-corrected chi connectivity index (χ0v) is 10.5. The lowest BCUT2D eigenvalue weighted by molar-refractivity contribution is -0.126. The molecule has 3 rings (SSSR count). The van der Waals surface area contributed by atoms with Crippen LogP contribution in [0.5, 0.6) is 0 Å². The Bertz CT molecular complexity index is 623. The SMILES string of the molecule is CN1C(=O)CCN1c1ccccc1-c1cc(N)on1. The van der Waals surface area contributed by atoms with E-state index >= 15 is 0 Å². The van der Waals surface area contributed by atoms with Crippen molar-refractivity contribution >= 4 is 17.5 Å². The van der Waals surface area contributed by atoms with E-state index in [0.717, 1.165) is 11.3 Å². The zero-order chi connectivity index (χ0) is 13.4. The van der Waals surface area contributed by atoms with Crippen molar-refractivity contribution in [1.82, 2.24) is 10.2 Å². The number of carbonyl (C=O) groups excluding carboxylic acids is 1. The maximum Gasteiger partial charge on any atom is 0.242 e. The van der Waals surface area contributed by atoms with Crippen molar-refractivity contribution in [1.29, 1.82) is 0 Å². The monoisotopic (exact) mass is 258 g/mol. The van der Waals surface area contributed by atoms with Crippen LogP contribution in [0.25, 0.3) is 11.3 Å². The third kappa shape index (κ3) is 1.91. The van der Waals surface area contributed by atoms with E-state index in [-0.39, 0.29) is 11.8 Å². The fourth-order valence-corrected chi connectivity index (χ4v) is 2.26. The van der Waals surface area contributed by atoms with E-state index in [1.807, 2.05) is 29.3 Å². The first-order valence-corrected chi connectivity index (χ1v) is 6.02. The molecule has 1 aliphatic heterocycles. The van der Waals surface area contributed by atoms with Crippen molar-refractivity contribution in [3.05, 3.63) is 30.3 Å². The Morgan fingerprint density at radius 2 is 2.16 bits per heavy atom. The molecule has 2 aromatic rings. The predicted molar refractivity (Wildman–Crippen MR) is 71.1 cm³/mol. The van der Waals surface area contributed by atoms with Crippen LogP contribution in [0.2, 0.25) is 0 Å². The molecule has 1 saturated heterocycles. The number of rotatable bonds is 2. The Kier molecular flexibility index (Phi) is 2.63. The Labute approximate surface area is 110 Å². The summed E-state index contributed by atoms with van der Waals surface area (Å²) in [6.45, 7) is 0.666. The van der Waals surface area contributed by atoms with Gasteiger partial charge in [0.2, 0.25) is 11.8 Å². The lowest BCUT2D eigenvalue weighted by Crippen LogP contribution is -2.35. The Balaban J connectivity index is 2.05. The largest absolute Gasteiger partial charge is 0.368 e. The van der Waals surface area contributed by atoms with Gasteiger partial charge in [-0.1, -0.05) is 23.4 Å². The van der Waals surface area contributed by atoms with Gasteiger partial charge in [0.25, 0.3) is 0 Å². The molecular weight excluding hydrogens is 244 g/mol. The molecule has 0 bridgehead atoms. The van der Waals surface area contributed by atoms with Crippen molar-refractivity contribution in [2.45, 2.75) is 6.42 Å². The van der Waals surface area contributed by atoms with Gasteiger partial charge in [-0.15, -0.1) is 0 Å². The maximum atomic E-state index is 11.6. The second kappa shape index (κ2) is 4.31. The molecule has 0 radical (unpaired) electrons. The molecule has 98 valence electrons. The maximum absolute atomic E-state index is 11.6. The van der Waals surface area contributed by atoms with Crippen LogP contribution in [-0.2, 0) is 4.79 Å². The van der Waals surface area contributed by atoms with Gasteiger partial charge in [0, 0.05) is 31.6 Å². The normalized spacial score (nSPS) is 15.3. The minimum absolute atomic E-state index is 0.106. The van der Waals surface area contributed by atoms with E-state index in [2.05, 4.69) is 5.16 Å². The number of hydrazine groups is 1. The minimum atomic E-state index is 0.106. The number of nitrogen functional groups attached to an aromatic ring is 1. The molecule has 1 aliphatic rings. The molecule has 6 heteroatoms. The predicted octanol–water partition coefficient (Wildman–Crippen LogP) is 1.51. The molecule has 1 aromatic heterocycles. The van der Waals surface area contributed by atoms with Crippen LogP contribution in [0.15, 0.2) is 34.9 Å². The Hall–Kier alpha value is -2.50. The number of carbonyl (C=O) groups is 1. The van der Waals surface area contributed by atoms with E-state index in [4.69, 9.17) is 10.3 Å². The Morgan fingerprint density at radius 1 is 1.37 bits per heavy atom. The molecule has 1 fully saturated rings. The molecule has 6 nitrogen and oxygen atoms in total. The summed E-state index contributed by atoms with van der Waals surface area (Å²) in [5, 5.41) is 7.49. The van der Waals surface area contributed by atoms with Crippen LogP contribution in [0.1, 0.15) is 6.42 Å². The highest BCUT2D eigenvalue weighted by atomic mass is 16.5. The summed E-state index contributed by atoms with van der Waals surface area (Å²) in [6, 6.07) is 9.41. The molecule has 1 amide bonds. The van der Waals surface area contributed by atoms with Crippen LogP contribution in [0.4, 0.5) is 11.6 Å². The van der Waals surface area contributed by atoms with Gasteiger partial charge in [-0.3, -0.25) is 14.8 Å². The van der Waals surface area contributed by atoms with Crippen LogP contribution >= 0.6 is 0 Å². The highest BCUT2D eigenvalue weighted by Gasteiger charge is 2.27. The van der Waals surface area contributed by atoms with Crippen molar-refractivity contribution in [2.24, 2.45) is 0 Å². The minimum Gasteiger partial charge on any atom is -0.368 e.